The highest BCUT2D eigenvalue weighted by atomic mass is 16.5. The zero-order chi connectivity index (χ0) is 17.9. The summed E-state index contributed by atoms with van der Waals surface area (Å²) < 4.78 is 5.36. The molecule has 0 unspecified atom stereocenters. The molecule has 1 atom stereocenters. The van der Waals surface area contributed by atoms with Gasteiger partial charge in [0.05, 0.1) is 19.6 Å². The van der Waals surface area contributed by atoms with Crippen molar-refractivity contribution in [2.24, 2.45) is 0 Å². The van der Waals surface area contributed by atoms with E-state index >= 15 is 0 Å². The molecule has 0 aliphatic carbocycles. The predicted octanol–water partition coefficient (Wildman–Crippen LogP) is 1.09. The molecule has 6 nitrogen and oxygen atoms in total. The molecule has 0 saturated carbocycles. The minimum atomic E-state index is -0.421. The fourth-order valence-electron chi connectivity index (χ4n) is 2.98. The number of rotatable bonds is 5. The molecule has 0 bridgehead atoms. The van der Waals surface area contributed by atoms with Gasteiger partial charge < -0.3 is 15.0 Å². The molecular formula is C18H27N3O3. The molecule has 1 aromatic rings. The summed E-state index contributed by atoms with van der Waals surface area (Å²) in [6.45, 7) is 6.10. The Morgan fingerprint density at radius 3 is 2.67 bits per heavy atom. The van der Waals surface area contributed by atoms with Gasteiger partial charge in [-0.15, -0.1) is 0 Å². The van der Waals surface area contributed by atoms with Crippen molar-refractivity contribution in [1.82, 2.24) is 15.1 Å². The van der Waals surface area contributed by atoms with E-state index in [0.717, 1.165) is 29.0 Å². The van der Waals surface area contributed by atoms with E-state index < -0.39 is 6.04 Å². The topological polar surface area (TPSA) is 61.9 Å². The molecule has 1 aliphatic heterocycles. The molecule has 2 amide bonds. The van der Waals surface area contributed by atoms with E-state index in [1.165, 1.54) is 4.90 Å². The van der Waals surface area contributed by atoms with E-state index in [2.05, 4.69) is 17.1 Å². The van der Waals surface area contributed by atoms with Crippen molar-refractivity contribution < 1.29 is 14.3 Å². The van der Waals surface area contributed by atoms with Gasteiger partial charge in [-0.2, -0.15) is 0 Å². The predicted molar refractivity (Wildman–Crippen MR) is 93.0 cm³/mol. The Kier molecular flexibility index (Phi) is 5.83. The number of carbonyl (C=O) groups excluding carboxylic acids is 2. The quantitative estimate of drug-likeness (QED) is 0.876. The van der Waals surface area contributed by atoms with Gasteiger partial charge in [0.1, 0.15) is 5.75 Å². The van der Waals surface area contributed by atoms with Gasteiger partial charge in [0.15, 0.2) is 0 Å². The maximum atomic E-state index is 12.3. The minimum Gasteiger partial charge on any atom is -0.496 e. The lowest BCUT2D eigenvalue weighted by Crippen LogP contribution is -2.56. The van der Waals surface area contributed by atoms with Crippen LogP contribution in [-0.4, -0.2) is 62.0 Å². The van der Waals surface area contributed by atoms with Crippen LogP contribution in [0.4, 0.5) is 0 Å². The highest BCUT2D eigenvalue weighted by Crippen LogP contribution is 2.26. The zero-order valence-corrected chi connectivity index (χ0v) is 15.2. The molecule has 6 heteroatoms. The molecule has 0 spiro atoms. The first-order valence-electron chi connectivity index (χ1n) is 8.20. The van der Waals surface area contributed by atoms with Gasteiger partial charge in [0.2, 0.25) is 11.8 Å². The van der Waals surface area contributed by atoms with Gasteiger partial charge in [-0.05, 0) is 36.6 Å². The third-order valence-electron chi connectivity index (χ3n) is 4.75. The lowest BCUT2D eigenvalue weighted by atomic mass is 10.00. The fraction of sp³-hybridized carbons (Fsp3) is 0.556. The van der Waals surface area contributed by atoms with Crippen molar-refractivity contribution in [1.29, 1.82) is 0 Å². The van der Waals surface area contributed by atoms with Crippen LogP contribution in [0.2, 0.25) is 0 Å². The molecule has 2 rings (SSSR count). The Hall–Kier alpha value is -2.08. The van der Waals surface area contributed by atoms with E-state index in [4.69, 9.17) is 4.74 Å². The molecule has 1 heterocycles. The molecule has 1 saturated heterocycles. The summed E-state index contributed by atoms with van der Waals surface area (Å²) in [6.07, 6.45) is 0.201. The summed E-state index contributed by atoms with van der Waals surface area (Å²) in [4.78, 5) is 27.9. The van der Waals surface area contributed by atoms with Crippen LogP contribution in [0.15, 0.2) is 12.1 Å². The van der Waals surface area contributed by atoms with E-state index in [-0.39, 0.29) is 18.2 Å². The lowest BCUT2D eigenvalue weighted by Gasteiger charge is -2.35. The standard InChI is InChI=1S/C18H27N3O3/c1-12-13(2)16(24-5)7-6-14(12)11-21-9-8-19-18(23)15(21)10-17(22)20(3)4/h6-7,15H,8-11H2,1-5H3,(H,19,23)/t15-/m1/s1. The number of nitrogens with zero attached hydrogens (tertiary/aromatic N) is 2. The van der Waals surface area contributed by atoms with E-state index in [1.807, 2.05) is 19.1 Å². The summed E-state index contributed by atoms with van der Waals surface area (Å²) in [5, 5.41) is 2.87. The molecule has 1 N–H and O–H groups in total. The Morgan fingerprint density at radius 2 is 2.04 bits per heavy atom. The third kappa shape index (κ3) is 3.87. The van der Waals surface area contributed by atoms with Gasteiger partial charge >= 0.3 is 0 Å². The minimum absolute atomic E-state index is 0.0373. The Balaban J connectivity index is 2.21. The highest BCUT2D eigenvalue weighted by molar-refractivity contribution is 5.88. The average molecular weight is 333 g/mol. The van der Waals surface area contributed by atoms with E-state index in [9.17, 15) is 9.59 Å². The largest absolute Gasteiger partial charge is 0.496 e. The lowest BCUT2D eigenvalue weighted by molar-refractivity contribution is -0.137. The number of ether oxygens (including phenoxy) is 1. The number of amides is 2. The number of piperazine rings is 1. The van der Waals surface area contributed by atoms with Gasteiger partial charge in [-0.3, -0.25) is 14.5 Å². The van der Waals surface area contributed by atoms with Crippen LogP contribution in [0, 0.1) is 13.8 Å². The second-order valence-corrected chi connectivity index (χ2v) is 6.45. The number of methoxy groups -OCH3 is 1. The first-order valence-corrected chi connectivity index (χ1v) is 8.20. The van der Waals surface area contributed by atoms with Crippen LogP contribution in [0.3, 0.4) is 0 Å². The second-order valence-electron chi connectivity index (χ2n) is 6.45. The number of hydrogen-bond donors (Lipinski definition) is 1. The van der Waals surface area contributed by atoms with E-state index in [1.54, 1.807) is 21.2 Å². The summed E-state index contributed by atoms with van der Waals surface area (Å²) in [5.74, 6) is 0.760. The Bertz CT molecular complexity index is 628. The van der Waals surface area contributed by atoms with Crippen molar-refractivity contribution >= 4 is 11.8 Å². The maximum Gasteiger partial charge on any atom is 0.237 e. The zero-order valence-electron chi connectivity index (χ0n) is 15.2. The van der Waals surface area contributed by atoms with Gasteiger partial charge in [0.25, 0.3) is 0 Å². The molecule has 24 heavy (non-hydrogen) atoms. The van der Waals surface area contributed by atoms with Crippen molar-refractivity contribution in [3.8, 4) is 5.75 Å². The van der Waals surface area contributed by atoms with Crippen LogP contribution in [-0.2, 0) is 16.1 Å². The van der Waals surface area contributed by atoms with Crippen molar-refractivity contribution in [3.63, 3.8) is 0 Å². The molecule has 132 valence electrons. The van der Waals surface area contributed by atoms with Gasteiger partial charge in [-0.1, -0.05) is 6.07 Å². The van der Waals surface area contributed by atoms with Crippen LogP contribution in [0.25, 0.3) is 0 Å². The average Bonchev–Trinajstić information content (AvgIpc) is 2.55. The highest BCUT2D eigenvalue weighted by Gasteiger charge is 2.32. The Labute approximate surface area is 143 Å². The smallest absolute Gasteiger partial charge is 0.237 e. The van der Waals surface area contributed by atoms with E-state index in [0.29, 0.717) is 13.1 Å². The van der Waals surface area contributed by atoms with Gasteiger partial charge in [0, 0.05) is 33.7 Å². The summed E-state index contributed by atoms with van der Waals surface area (Å²) >= 11 is 0. The summed E-state index contributed by atoms with van der Waals surface area (Å²) in [5.41, 5.74) is 3.43. The molecule has 1 aliphatic rings. The molecule has 1 fully saturated rings. The van der Waals surface area contributed by atoms with Crippen LogP contribution >= 0.6 is 0 Å². The van der Waals surface area contributed by atoms with Crippen LogP contribution in [0.1, 0.15) is 23.1 Å². The number of benzene rings is 1. The monoisotopic (exact) mass is 333 g/mol. The molecule has 1 aromatic carbocycles. The molecular weight excluding hydrogens is 306 g/mol. The van der Waals surface area contributed by atoms with Crippen LogP contribution < -0.4 is 10.1 Å². The summed E-state index contributed by atoms with van der Waals surface area (Å²) in [6, 6.07) is 3.58. The third-order valence-corrected chi connectivity index (χ3v) is 4.75. The number of carbonyl (C=O) groups is 2. The number of nitrogens with one attached hydrogen (secondary N) is 1. The van der Waals surface area contributed by atoms with Crippen molar-refractivity contribution in [2.45, 2.75) is 32.9 Å². The SMILES string of the molecule is COc1ccc(CN2CCNC(=O)[C@H]2CC(=O)N(C)C)c(C)c1C. The van der Waals surface area contributed by atoms with Crippen molar-refractivity contribution in [2.75, 3.05) is 34.3 Å². The number of hydrogen-bond acceptors (Lipinski definition) is 4. The first kappa shape index (κ1) is 18.3. The maximum absolute atomic E-state index is 12.3. The molecule has 0 radical (unpaired) electrons. The summed E-state index contributed by atoms with van der Waals surface area (Å²) in [7, 11) is 5.09. The fourth-order valence-corrected chi connectivity index (χ4v) is 2.98. The van der Waals surface area contributed by atoms with Gasteiger partial charge in [-0.25, -0.2) is 0 Å². The Morgan fingerprint density at radius 1 is 1.33 bits per heavy atom. The normalized spacial score (nSPS) is 18.2. The first-order chi connectivity index (χ1) is 11.3. The molecule has 0 aromatic heterocycles. The second kappa shape index (κ2) is 7.66. The van der Waals surface area contributed by atoms with Crippen LogP contribution in [0.5, 0.6) is 5.75 Å². The van der Waals surface area contributed by atoms with Crippen molar-refractivity contribution in [3.05, 3.63) is 28.8 Å².